The second kappa shape index (κ2) is 6.13. The molecule has 0 bridgehead atoms. The Bertz CT molecular complexity index is 615. The number of hydrogen-bond donors (Lipinski definition) is 1. The number of fused-ring (bicyclic) bond motifs is 1. The van der Waals surface area contributed by atoms with Gasteiger partial charge < -0.3 is 10.6 Å². The van der Waals surface area contributed by atoms with Crippen LogP contribution in [0.5, 0.6) is 0 Å². The van der Waals surface area contributed by atoms with Crippen molar-refractivity contribution >= 4 is 28.5 Å². The molecule has 2 heterocycles. The Labute approximate surface area is 123 Å². The molecule has 0 atom stereocenters. The van der Waals surface area contributed by atoms with Crippen molar-refractivity contribution in [2.45, 2.75) is 6.54 Å². The monoisotopic (exact) mass is 286 g/mol. The van der Waals surface area contributed by atoms with Gasteiger partial charge in [-0.15, -0.1) is 0 Å². The molecule has 0 radical (unpaired) electrons. The van der Waals surface area contributed by atoms with Crippen molar-refractivity contribution in [2.75, 3.05) is 24.6 Å². The van der Waals surface area contributed by atoms with E-state index in [1.807, 2.05) is 36.2 Å². The van der Waals surface area contributed by atoms with Crippen LogP contribution in [0.2, 0.25) is 0 Å². The number of rotatable bonds is 2. The van der Waals surface area contributed by atoms with Crippen LogP contribution in [-0.2, 0) is 6.54 Å². The first-order valence-corrected chi connectivity index (χ1v) is 7.95. The van der Waals surface area contributed by atoms with Gasteiger partial charge in [0.1, 0.15) is 0 Å². The van der Waals surface area contributed by atoms with Crippen molar-refractivity contribution in [3.8, 4) is 0 Å². The summed E-state index contributed by atoms with van der Waals surface area (Å²) in [5.41, 5.74) is 7.06. The van der Waals surface area contributed by atoms with Gasteiger partial charge in [0.05, 0.1) is 12.2 Å². The maximum atomic E-state index is 6.08. The second-order valence-corrected chi connectivity index (χ2v) is 5.98. The van der Waals surface area contributed by atoms with Gasteiger partial charge >= 0.3 is 0 Å². The van der Waals surface area contributed by atoms with E-state index in [0.29, 0.717) is 12.5 Å². The van der Waals surface area contributed by atoms with Gasteiger partial charge in [-0.3, -0.25) is 4.98 Å². The molecule has 1 fully saturated rings. The topological polar surface area (TPSA) is 54.5 Å². The summed E-state index contributed by atoms with van der Waals surface area (Å²) >= 11 is 1.97. The summed E-state index contributed by atoms with van der Waals surface area (Å²) in [6.07, 6.45) is 1.83. The van der Waals surface area contributed by atoms with Crippen LogP contribution < -0.4 is 5.73 Å². The molecule has 2 aromatic rings. The van der Waals surface area contributed by atoms with Crippen molar-refractivity contribution in [2.24, 2.45) is 10.7 Å². The Balaban J connectivity index is 1.79. The Kier molecular flexibility index (Phi) is 4.06. The fourth-order valence-electron chi connectivity index (χ4n) is 2.36. The van der Waals surface area contributed by atoms with E-state index in [1.54, 1.807) is 0 Å². The molecule has 104 valence electrons. The van der Waals surface area contributed by atoms with Crippen molar-refractivity contribution in [3.05, 3.63) is 42.2 Å². The zero-order valence-electron chi connectivity index (χ0n) is 11.3. The Morgan fingerprint density at radius 1 is 1.25 bits per heavy atom. The average Bonchev–Trinajstić information content (AvgIpc) is 2.53. The summed E-state index contributed by atoms with van der Waals surface area (Å²) in [6, 6.07) is 10.3. The van der Waals surface area contributed by atoms with E-state index in [4.69, 9.17) is 5.73 Å². The maximum Gasteiger partial charge on any atom is 0.191 e. The number of guanidine groups is 1. The normalized spacial score (nSPS) is 16.6. The summed E-state index contributed by atoms with van der Waals surface area (Å²) < 4.78 is 0. The van der Waals surface area contributed by atoms with Gasteiger partial charge in [0, 0.05) is 36.2 Å². The molecular weight excluding hydrogens is 268 g/mol. The molecule has 3 rings (SSSR count). The number of pyridine rings is 1. The van der Waals surface area contributed by atoms with Crippen LogP contribution in [0.3, 0.4) is 0 Å². The molecule has 0 saturated carbocycles. The quantitative estimate of drug-likeness (QED) is 0.678. The van der Waals surface area contributed by atoms with Crippen LogP contribution in [0.1, 0.15) is 5.69 Å². The molecule has 1 saturated heterocycles. The number of nitrogens with two attached hydrogens (primary N) is 1. The van der Waals surface area contributed by atoms with Crippen molar-refractivity contribution in [1.82, 2.24) is 9.88 Å². The van der Waals surface area contributed by atoms with Crippen LogP contribution in [0.15, 0.2) is 41.5 Å². The Morgan fingerprint density at radius 3 is 2.90 bits per heavy atom. The van der Waals surface area contributed by atoms with Gasteiger partial charge in [0.2, 0.25) is 0 Å². The van der Waals surface area contributed by atoms with E-state index in [9.17, 15) is 0 Å². The average molecular weight is 286 g/mol. The minimum absolute atomic E-state index is 0.539. The fourth-order valence-corrected chi connectivity index (χ4v) is 3.26. The first kappa shape index (κ1) is 13.2. The molecule has 1 aliphatic rings. The third-order valence-electron chi connectivity index (χ3n) is 3.48. The largest absolute Gasteiger partial charge is 0.370 e. The van der Waals surface area contributed by atoms with Crippen LogP contribution >= 0.6 is 11.8 Å². The highest BCUT2D eigenvalue weighted by Crippen LogP contribution is 2.17. The molecule has 0 unspecified atom stereocenters. The summed E-state index contributed by atoms with van der Waals surface area (Å²) in [5, 5.41) is 2.35. The molecule has 0 amide bonds. The third kappa shape index (κ3) is 2.88. The molecule has 2 N–H and O–H groups in total. The summed E-state index contributed by atoms with van der Waals surface area (Å²) in [6.45, 7) is 2.52. The molecule has 20 heavy (non-hydrogen) atoms. The van der Waals surface area contributed by atoms with E-state index >= 15 is 0 Å². The van der Waals surface area contributed by atoms with E-state index in [-0.39, 0.29) is 0 Å². The maximum absolute atomic E-state index is 6.08. The molecular formula is C15H18N4S. The Hall–Kier alpha value is -1.75. The number of benzene rings is 1. The first-order chi connectivity index (χ1) is 9.84. The number of hydrogen-bond acceptors (Lipinski definition) is 3. The van der Waals surface area contributed by atoms with Gasteiger partial charge in [0.15, 0.2) is 5.96 Å². The van der Waals surface area contributed by atoms with Gasteiger partial charge in [-0.25, -0.2) is 4.99 Å². The predicted molar refractivity (Wildman–Crippen MR) is 86.0 cm³/mol. The molecule has 0 aliphatic carbocycles. The van der Waals surface area contributed by atoms with E-state index in [0.717, 1.165) is 35.7 Å². The van der Waals surface area contributed by atoms with Crippen LogP contribution in [-0.4, -0.2) is 40.4 Å². The fraction of sp³-hybridized carbons (Fsp3) is 0.333. The van der Waals surface area contributed by atoms with Crippen molar-refractivity contribution in [3.63, 3.8) is 0 Å². The number of aliphatic imine (C=N–C) groups is 1. The van der Waals surface area contributed by atoms with Crippen molar-refractivity contribution in [1.29, 1.82) is 0 Å². The minimum atomic E-state index is 0.539. The molecule has 1 aromatic heterocycles. The lowest BCUT2D eigenvalue weighted by Gasteiger charge is -2.27. The lowest BCUT2D eigenvalue weighted by Crippen LogP contribution is -2.42. The zero-order chi connectivity index (χ0) is 13.8. The van der Waals surface area contributed by atoms with Crippen molar-refractivity contribution < 1.29 is 0 Å². The smallest absolute Gasteiger partial charge is 0.191 e. The number of thioether (sulfide) groups is 1. The molecule has 1 aliphatic heterocycles. The second-order valence-electron chi connectivity index (χ2n) is 4.75. The molecule has 0 spiro atoms. The summed E-state index contributed by atoms with van der Waals surface area (Å²) in [4.78, 5) is 11.1. The zero-order valence-corrected chi connectivity index (χ0v) is 12.1. The number of aromatic nitrogens is 1. The highest BCUT2D eigenvalue weighted by atomic mass is 32.2. The molecule has 5 heteroatoms. The van der Waals surface area contributed by atoms with Gasteiger partial charge in [-0.1, -0.05) is 24.3 Å². The molecule has 4 nitrogen and oxygen atoms in total. The van der Waals surface area contributed by atoms with Gasteiger partial charge in [-0.2, -0.15) is 11.8 Å². The van der Waals surface area contributed by atoms with Gasteiger partial charge in [-0.05, 0) is 11.5 Å². The van der Waals surface area contributed by atoms with Crippen LogP contribution in [0, 0.1) is 0 Å². The lowest BCUT2D eigenvalue weighted by molar-refractivity contribution is 0.455. The summed E-state index contributed by atoms with van der Waals surface area (Å²) in [5.74, 6) is 2.89. The third-order valence-corrected chi connectivity index (χ3v) is 4.42. The molecule has 1 aromatic carbocycles. The predicted octanol–water partition coefficient (Wildman–Crippen LogP) is 2.10. The van der Waals surface area contributed by atoms with Gasteiger partial charge in [0.25, 0.3) is 0 Å². The first-order valence-electron chi connectivity index (χ1n) is 6.80. The highest BCUT2D eigenvalue weighted by molar-refractivity contribution is 7.99. The van der Waals surface area contributed by atoms with E-state index < -0.39 is 0 Å². The standard InChI is InChI=1S/C15H18N4S/c16-15(19-7-9-20-10-8-19)18-11-14-13-4-2-1-3-12(13)5-6-17-14/h1-6H,7-11H2,(H2,16,18). The number of nitrogens with zero attached hydrogens (tertiary/aromatic N) is 3. The minimum Gasteiger partial charge on any atom is -0.370 e. The van der Waals surface area contributed by atoms with Crippen LogP contribution in [0.25, 0.3) is 10.8 Å². The van der Waals surface area contributed by atoms with Crippen LogP contribution in [0.4, 0.5) is 0 Å². The van der Waals surface area contributed by atoms with E-state index in [2.05, 4.69) is 27.0 Å². The summed E-state index contributed by atoms with van der Waals surface area (Å²) in [7, 11) is 0. The lowest BCUT2D eigenvalue weighted by atomic mass is 10.1. The van der Waals surface area contributed by atoms with E-state index in [1.165, 1.54) is 5.39 Å². The highest BCUT2D eigenvalue weighted by Gasteiger charge is 2.12. The Morgan fingerprint density at radius 2 is 2.05 bits per heavy atom. The SMILES string of the molecule is NC(=NCc1nccc2ccccc12)N1CCSCC1.